The van der Waals surface area contributed by atoms with Crippen LogP contribution in [0.15, 0.2) is 65.7 Å². The number of nitrogens with zero attached hydrogens (tertiary/aromatic N) is 3. The van der Waals surface area contributed by atoms with Gasteiger partial charge in [0.15, 0.2) is 5.82 Å². The molecule has 2 saturated heterocycles. The Labute approximate surface area is 221 Å². The molecule has 2 bridgehead atoms. The van der Waals surface area contributed by atoms with E-state index in [4.69, 9.17) is 9.26 Å². The van der Waals surface area contributed by atoms with Crippen LogP contribution in [0.3, 0.4) is 0 Å². The van der Waals surface area contributed by atoms with Crippen LogP contribution in [0.5, 0.6) is 0 Å². The summed E-state index contributed by atoms with van der Waals surface area (Å²) in [4.78, 5) is 6.72. The number of halogens is 6. The number of aromatic nitrogens is 2. The molecule has 4 atom stereocenters. The van der Waals surface area contributed by atoms with E-state index >= 15 is 0 Å². The lowest BCUT2D eigenvalue weighted by molar-refractivity contribution is -0.143. The van der Waals surface area contributed by atoms with Gasteiger partial charge < -0.3 is 9.26 Å². The molecule has 0 amide bonds. The first-order valence-electron chi connectivity index (χ1n) is 12.6. The third-order valence-corrected chi connectivity index (χ3v) is 7.72. The molecule has 0 unspecified atom stereocenters. The van der Waals surface area contributed by atoms with Crippen LogP contribution < -0.4 is 0 Å². The van der Waals surface area contributed by atoms with E-state index in [-0.39, 0.29) is 23.6 Å². The minimum atomic E-state index is -4.93. The Hall–Kier alpha value is -3.18. The molecule has 39 heavy (non-hydrogen) atoms. The number of rotatable bonds is 7. The van der Waals surface area contributed by atoms with Crippen LogP contribution in [-0.2, 0) is 29.2 Å². The number of aryl methyl sites for hydroxylation is 1. The van der Waals surface area contributed by atoms with Gasteiger partial charge in [-0.15, -0.1) is 6.58 Å². The molecule has 2 aliphatic rings. The highest BCUT2D eigenvalue weighted by atomic mass is 19.4. The fourth-order valence-electron chi connectivity index (χ4n) is 6.21. The zero-order valence-electron chi connectivity index (χ0n) is 21.1. The van der Waals surface area contributed by atoms with Crippen LogP contribution in [-0.4, -0.2) is 33.7 Å². The van der Waals surface area contributed by atoms with Crippen molar-refractivity contribution in [2.75, 3.05) is 6.54 Å². The molecule has 0 spiro atoms. The number of fused-ring (bicyclic) bond motifs is 2. The van der Waals surface area contributed by atoms with Crippen LogP contribution in [0.1, 0.15) is 59.1 Å². The van der Waals surface area contributed by atoms with Crippen molar-refractivity contribution >= 4 is 0 Å². The van der Waals surface area contributed by atoms with Crippen molar-refractivity contribution in [2.24, 2.45) is 0 Å². The van der Waals surface area contributed by atoms with E-state index in [9.17, 15) is 26.3 Å². The monoisotopic (exact) mass is 551 g/mol. The van der Waals surface area contributed by atoms with Gasteiger partial charge in [0.1, 0.15) is 0 Å². The minimum absolute atomic E-state index is 0.00768. The summed E-state index contributed by atoms with van der Waals surface area (Å²) >= 11 is 0. The molecule has 5 rings (SSSR count). The van der Waals surface area contributed by atoms with Crippen molar-refractivity contribution in [1.82, 2.24) is 15.0 Å². The van der Waals surface area contributed by atoms with E-state index in [1.54, 1.807) is 13.0 Å². The zero-order chi connectivity index (χ0) is 28.0. The topological polar surface area (TPSA) is 51.4 Å². The predicted octanol–water partition coefficient (Wildman–Crippen LogP) is 7.03. The fraction of sp³-hybridized carbons (Fsp3) is 0.429. The Morgan fingerprint density at radius 3 is 2.28 bits per heavy atom. The number of alkyl halides is 6. The first-order chi connectivity index (χ1) is 18.4. The first kappa shape index (κ1) is 27.4. The third kappa shape index (κ3) is 5.09. The maximum atomic E-state index is 13.4. The highest BCUT2D eigenvalue weighted by Crippen LogP contribution is 2.57. The first-order valence-corrected chi connectivity index (χ1v) is 12.6. The van der Waals surface area contributed by atoms with Gasteiger partial charge in [-0.2, -0.15) is 31.3 Å². The molecule has 0 aliphatic carbocycles. The van der Waals surface area contributed by atoms with Crippen molar-refractivity contribution in [2.45, 2.75) is 68.7 Å². The standard InChI is InChI=1S/C28H27F6N3O2/c1-3-11-37-23-9-10-24(38-16-18-12-20(27(29,30)31)14-21(13-18)28(32,33)34)26(37,19-7-5-4-6-8-19)15-22(23)25-35-17(2)36-39-25/h3-8,12-14,22-24H,1,9-11,15-16H2,2H3/t22-,23+,24-,26-/m1/s1. The number of hydrogen-bond acceptors (Lipinski definition) is 5. The molecule has 0 saturated carbocycles. The lowest BCUT2D eigenvalue weighted by Gasteiger charge is -2.49. The van der Waals surface area contributed by atoms with Crippen molar-refractivity contribution in [3.63, 3.8) is 0 Å². The van der Waals surface area contributed by atoms with Gasteiger partial charge in [0.05, 0.1) is 35.3 Å². The highest BCUT2D eigenvalue weighted by Gasteiger charge is 2.60. The third-order valence-electron chi connectivity index (χ3n) is 7.72. The zero-order valence-corrected chi connectivity index (χ0v) is 21.1. The normalized spacial score (nSPS) is 25.7. The van der Waals surface area contributed by atoms with E-state index in [1.807, 2.05) is 30.3 Å². The number of ether oxygens (including phenoxy) is 1. The Bertz CT molecular complexity index is 1290. The smallest absolute Gasteiger partial charge is 0.371 e. The van der Waals surface area contributed by atoms with E-state index in [0.29, 0.717) is 37.5 Å². The molecule has 208 valence electrons. The number of piperidine rings is 1. The van der Waals surface area contributed by atoms with Crippen molar-refractivity contribution in [3.8, 4) is 0 Å². The molecular weight excluding hydrogens is 524 g/mol. The van der Waals surface area contributed by atoms with Gasteiger partial charge in [0.25, 0.3) is 0 Å². The lowest BCUT2D eigenvalue weighted by atomic mass is 9.78. The van der Waals surface area contributed by atoms with Gasteiger partial charge in [-0.1, -0.05) is 41.6 Å². The maximum Gasteiger partial charge on any atom is 0.416 e. The predicted molar refractivity (Wildman–Crippen MR) is 129 cm³/mol. The summed E-state index contributed by atoms with van der Waals surface area (Å²) in [5.74, 6) is 0.872. The summed E-state index contributed by atoms with van der Waals surface area (Å²) in [5.41, 5.74) is -2.73. The molecule has 11 heteroatoms. The minimum Gasteiger partial charge on any atom is -0.371 e. The average Bonchev–Trinajstić information content (AvgIpc) is 3.40. The van der Waals surface area contributed by atoms with Crippen LogP contribution in [0.2, 0.25) is 0 Å². The Balaban J connectivity index is 1.53. The van der Waals surface area contributed by atoms with Crippen LogP contribution in [0, 0.1) is 6.92 Å². The molecule has 2 aromatic carbocycles. The largest absolute Gasteiger partial charge is 0.416 e. The number of hydrogen-bond donors (Lipinski definition) is 0. The van der Waals surface area contributed by atoms with Crippen molar-refractivity contribution < 1.29 is 35.6 Å². The maximum absolute atomic E-state index is 13.4. The molecule has 0 radical (unpaired) electrons. The van der Waals surface area contributed by atoms with Gasteiger partial charge in [-0.05, 0) is 55.5 Å². The summed E-state index contributed by atoms with van der Waals surface area (Å²) < 4.78 is 92.4. The average molecular weight is 552 g/mol. The summed E-state index contributed by atoms with van der Waals surface area (Å²) in [5, 5.41) is 3.95. The van der Waals surface area contributed by atoms with Gasteiger partial charge in [0, 0.05) is 12.6 Å². The molecule has 2 aliphatic heterocycles. The highest BCUT2D eigenvalue weighted by molar-refractivity contribution is 5.35. The summed E-state index contributed by atoms with van der Waals surface area (Å²) in [6.45, 7) is 5.73. The molecule has 1 aromatic heterocycles. The number of benzene rings is 2. The van der Waals surface area contributed by atoms with Crippen molar-refractivity contribution in [3.05, 3.63) is 95.2 Å². The second-order valence-electron chi connectivity index (χ2n) is 10.1. The van der Waals surface area contributed by atoms with Crippen LogP contribution >= 0.6 is 0 Å². The Morgan fingerprint density at radius 2 is 1.72 bits per heavy atom. The molecule has 2 fully saturated rings. The summed E-state index contributed by atoms with van der Waals surface area (Å²) in [7, 11) is 0. The fourth-order valence-corrected chi connectivity index (χ4v) is 6.21. The summed E-state index contributed by atoms with van der Waals surface area (Å²) in [6, 6.07) is 11.2. The van der Waals surface area contributed by atoms with Crippen molar-refractivity contribution in [1.29, 1.82) is 0 Å². The van der Waals surface area contributed by atoms with Gasteiger partial charge >= 0.3 is 12.4 Å². The van der Waals surface area contributed by atoms with E-state index in [0.717, 1.165) is 17.7 Å². The van der Waals surface area contributed by atoms with Gasteiger partial charge in [-0.25, -0.2) is 0 Å². The van der Waals surface area contributed by atoms with E-state index < -0.39 is 41.7 Å². The SMILES string of the molecule is C=CCN1[C@H]2CC[C@@H](OCc3cc(C(F)(F)F)cc(C(F)(F)F)c3)[C@]1(c1ccccc1)C[C@H]2c1nc(C)no1. The lowest BCUT2D eigenvalue weighted by Crippen LogP contribution is -2.57. The second kappa shape index (κ2) is 10.1. The van der Waals surface area contributed by atoms with Crippen LogP contribution in [0.4, 0.5) is 26.3 Å². The van der Waals surface area contributed by atoms with E-state index in [1.165, 1.54) is 0 Å². The van der Waals surface area contributed by atoms with Gasteiger partial charge in [-0.3, -0.25) is 4.90 Å². The van der Waals surface area contributed by atoms with Gasteiger partial charge in [0.2, 0.25) is 5.89 Å². The molecule has 0 N–H and O–H groups in total. The summed E-state index contributed by atoms with van der Waals surface area (Å²) in [6.07, 6.45) is -6.89. The van der Waals surface area contributed by atoms with Crippen LogP contribution in [0.25, 0.3) is 0 Å². The quantitative estimate of drug-likeness (QED) is 0.233. The Morgan fingerprint density at radius 1 is 1.05 bits per heavy atom. The molecule has 5 nitrogen and oxygen atoms in total. The molecule has 3 heterocycles. The molecular formula is C28H27F6N3O2. The second-order valence-corrected chi connectivity index (χ2v) is 10.1. The van der Waals surface area contributed by atoms with E-state index in [2.05, 4.69) is 21.6 Å². The molecule has 3 aromatic rings. The Kier molecular flexibility index (Phi) is 7.09.